The van der Waals surface area contributed by atoms with Gasteiger partial charge < -0.3 is 19.0 Å². The zero-order chi connectivity index (χ0) is 19.7. The van der Waals surface area contributed by atoms with Crippen LogP contribution in [0.3, 0.4) is 0 Å². The highest BCUT2D eigenvalue weighted by atomic mass is 16.6. The Hall–Kier alpha value is -3.61. The Kier molecular flexibility index (Phi) is 4.57. The topological polar surface area (TPSA) is 90.2 Å². The molecule has 0 fully saturated rings. The third kappa shape index (κ3) is 3.34. The van der Waals surface area contributed by atoms with E-state index >= 15 is 0 Å². The minimum absolute atomic E-state index is 0.0982. The highest BCUT2D eigenvalue weighted by Gasteiger charge is 2.14. The van der Waals surface area contributed by atoms with Gasteiger partial charge in [-0.1, -0.05) is 17.3 Å². The summed E-state index contributed by atoms with van der Waals surface area (Å²) in [5.74, 6) is 0.882. The minimum Gasteiger partial charge on any atom is -0.497 e. The van der Waals surface area contributed by atoms with Crippen molar-refractivity contribution >= 4 is 16.9 Å². The number of ether oxygens (including phenoxy) is 2. The quantitative estimate of drug-likeness (QED) is 0.524. The average Bonchev–Trinajstić information content (AvgIpc) is 3.31. The monoisotopic (exact) mass is 377 g/mol. The number of benzene rings is 2. The molecule has 142 valence electrons. The number of hydrogen-bond acceptors (Lipinski definition) is 6. The molecule has 0 saturated carbocycles. The first kappa shape index (κ1) is 17.8. The molecule has 0 aliphatic heterocycles. The summed E-state index contributed by atoms with van der Waals surface area (Å²) in [7, 11) is 1.59. The van der Waals surface area contributed by atoms with Crippen molar-refractivity contribution < 1.29 is 18.8 Å². The fourth-order valence-electron chi connectivity index (χ4n) is 2.99. The third-order valence-corrected chi connectivity index (χ3v) is 4.67. The van der Waals surface area contributed by atoms with Gasteiger partial charge in [-0.3, -0.25) is 0 Å². The van der Waals surface area contributed by atoms with Crippen LogP contribution in [0.15, 0.2) is 47.0 Å². The van der Waals surface area contributed by atoms with E-state index in [4.69, 9.17) is 14.0 Å². The van der Waals surface area contributed by atoms with E-state index in [1.807, 2.05) is 44.2 Å². The summed E-state index contributed by atoms with van der Waals surface area (Å²) >= 11 is 0. The lowest BCUT2D eigenvalue weighted by Crippen LogP contribution is -2.05. The lowest BCUT2D eigenvalue weighted by atomic mass is 10.1. The molecule has 0 spiro atoms. The van der Waals surface area contributed by atoms with E-state index in [-0.39, 0.29) is 12.5 Å². The maximum atomic E-state index is 12.4. The Labute approximate surface area is 161 Å². The number of carbonyl (C=O) groups is 1. The van der Waals surface area contributed by atoms with E-state index in [0.717, 1.165) is 27.7 Å². The highest BCUT2D eigenvalue weighted by molar-refractivity contribution is 5.96. The molecule has 7 nitrogen and oxygen atoms in total. The molecule has 28 heavy (non-hydrogen) atoms. The number of nitrogens with one attached hydrogen (secondary N) is 1. The van der Waals surface area contributed by atoms with Gasteiger partial charge in [0.1, 0.15) is 5.75 Å². The Bertz CT molecular complexity index is 1160. The second-order valence-corrected chi connectivity index (χ2v) is 6.46. The second kappa shape index (κ2) is 7.19. The molecule has 0 radical (unpaired) electrons. The Balaban J connectivity index is 1.46. The molecule has 7 heteroatoms. The normalized spacial score (nSPS) is 11.0. The number of fused-ring (bicyclic) bond motifs is 1. The largest absolute Gasteiger partial charge is 0.497 e. The predicted octanol–water partition coefficient (Wildman–Crippen LogP) is 4.20. The van der Waals surface area contributed by atoms with Gasteiger partial charge in [0.25, 0.3) is 5.89 Å². The molecule has 4 rings (SSSR count). The van der Waals surface area contributed by atoms with E-state index in [9.17, 15) is 4.79 Å². The first-order valence-corrected chi connectivity index (χ1v) is 8.78. The summed E-state index contributed by atoms with van der Waals surface area (Å²) in [5, 5.41) is 4.94. The van der Waals surface area contributed by atoms with Gasteiger partial charge in [-0.25, -0.2) is 4.79 Å². The summed E-state index contributed by atoms with van der Waals surface area (Å²) in [5.41, 5.74) is 4.42. The molecule has 2 heterocycles. The van der Waals surface area contributed by atoms with Crippen molar-refractivity contribution in [2.45, 2.75) is 20.5 Å². The Morgan fingerprint density at radius 3 is 2.86 bits per heavy atom. The number of methoxy groups -OCH3 is 1. The van der Waals surface area contributed by atoms with Crippen LogP contribution in [0.4, 0.5) is 0 Å². The fourth-order valence-corrected chi connectivity index (χ4v) is 2.99. The molecule has 4 aromatic rings. The smallest absolute Gasteiger partial charge is 0.338 e. The van der Waals surface area contributed by atoms with Crippen LogP contribution < -0.4 is 4.74 Å². The number of aryl methyl sites for hydroxylation is 2. The van der Waals surface area contributed by atoms with Gasteiger partial charge in [0, 0.05) is 22.2 Å². The molecule has 0 unspecified atom stereocenters. The molecular formula is C21H19N3O4. The standard InChI is InChI=1S/C21H19N3O4/c1-12-13(2)22-18-8-7-15(10-17(12)18)21(25)27-11-19-23-20(24-28-19)14-5-4-6-16(9-14)26-3/h4-10,22H,11H2,1-3H3. The fraction of sp³-hybridized carbons (Fsp3) is 0.190. The third-order valence-electron chi connectivity index (χ3n) is 4.67. The maximum Gasteiger partial charge on any atom is 0.338 e. The van der Waals surface area contributed by atoms with Gasteiger partial charge in [0.15, 0.2) is 6.61 Å². The number of esters is 1. The second-order valence-electron chi connectivity index (χ2n) is 6.46. The van der Waals surface area contributed by atoms with Crippen molar-refractivity contribution in [3.05, 3.63) is 65.2 Å². The van der Waals surface area contributed by atoms with Gasteiger partial charge in [0.05, 0.1) is 12.7 Å². The number of aromatic amines is 1. The number of rotatable bonds is 5. The Morgan fingerprint density at radius 2 is 2.04 bits per heavy atom. The van der Waals surface area contributed by atoms with Gasteiger partial charge >= 0.3 is 5.97 Å². The Morgan fingerprint density at radius 1 is 1.18 bits per heavy atom. The molecule has 1 N–H and O–H groups in total. The van der Waals surface area contributed by atoms with Crippen molar-refractivity contribution in [1.29, 1.82) is 0 Å². The molecule has 0 atom stereocenters. The van der Waals surface area contributed by atoms with Gasteiger partial charge in [-0.15, -0.1) is 0 Å². The first-order chi connectivity index (χ1) is 13.5. The molecule has 0 aliphatic carbocycles. The number of H-pyrrole nitrogens is 1. The zero-order valence-electron chi connectivity index (χ0n) is 15.8. The van der Waals surface area contributed by atoms with Crippen molar-refractivity contribution in [2.24, 2.45) is 0 Å². The van der Waals surface area contributed by atoms with Crippen LogP contribution in [-0.4, -0.2) is 28.2 Å². The molecule has 0 amide bonds. The summed E-state index contributed by atoms with van der Waals surface area (Å²) in [6.45, 7) is 3.92. The van der Waals surface area contributed by atoms with Crippen molar-refractivity contribution in [3.8, 4) is 17.1 Å². The van der Waals surface area contributed by atoms with E-state index in [1.165, 1.54) is 0 Å². The molecule has 2 aromatic carbocycles. The number of carbonyl (C=O) groups excluding carboxylic acids is 1. The molecular weight excluding hydrogens is 358 g/mol. The molecule has 0 bridgehead atoms. The van der Waals surface area contributed by atoms with Crippen LogP contribution in [0.1, 0.15) is 27.5 Å². The minimum atomic E-state index is -0.443. The van der Waals surface area contributed by atoms with Crippen LogP contribution >= 0.6 is 0 Å². The van der Waals surface area contributed by atoms with Crippen LogP contribution in [0.2, 0.25) is 0 Å². The van der Waals surface area contributed by atoms with Crippen molar-refractivity contribution in [2.75, 3.05) is 7.11 Å². The van der Waals surface area contributed by atoms with Crippen LogP contribution in [-0.2, 0) is 11.3 Å². The van der Waals surface area contributed by atoms with Crippen molar-refractivity contribution in [1.82, 2.24) is 15.1 Å². The van der Waals surface area contributed by atoms with Crippen LogP contribution in [0.25, 0.3) is 22.3 Å². The van der Waals surface area contributed by atoms with Crippen LogP contribution in [0.5, 0.6) is 5.75 Å². The SMILES string of the molecule is COc1cccc(-c2noc(COC(=O)c3ccc4[nH]c(C)c(C)c4c3)n2)c1. The van der Waals surface area contributed by atoms with E-state index in [2.05, 4.69) is 15.1 Å². The highest BCUT2D eigenvalue weighted by Crippen LogP contribution is 2.23. The lowest BCUT2D eigenvalue weighted by molar-refractivity contribution is 0.0430. The van der Waals surface area contributed by atoms with E-state index in [0.29, 0.717) is 17.1 Å². The number of nitrogens with zero attached hydrogens (tertiary/aromatic N) is 2. The average molecular weight is 377 g/mol. The molecule has 0 aliphatic rings. The first-order valence-electron chi connectivity index (χ1n) is 8.78. The van der Waals surface area contributed by atoms with Gasteiger partial charge in [-0.2, -0.15) is 4.98 Å². The number of aromatic nitrogens is 3. The predicted molar refractivity (Wildman–Crippen MR) is 103 cm³/mol. The summed E-state index contributed by atoms with van der Waals surface area (Å²) < 4.78 is 15.7. The molecule has 2 aromatic heterocycles. The lowest BCUT2D eigenvalue weighted by Gasteiger charge is -2.02. The summed E-state index contributed by atoms with van der Waals surface area (Å²) in [4.78, 5) is 20.0. The van der Waals surface area contributed by atoms with E-state index in [1.54, 1.807) is 19.2 Å². The summed E-state index contributed by atoms with van der Waals surface area (Å²) in [6, 6.07) is 12.7. The zero-order valence-corrected chi connectivity index (χ0v) is 15.8. The number of hydrogen-bond donors (Lipinski definition) is 1. The maximum absolute atomic E-state index is 12.4. The summed E-state index contributed by atoms with van der Waals surface area (Å²) in [6.07, 6.45) is 0. The van der Waals surface area contributed by atoms with Gasteiger partial charge in [0.2, 0.25) is 5.82 Å². The van der Waals surface area contributed by atoms with Crippen LogP contribution in [0, 0.1) is 13.8 Å². The van der Waals surface area contributed by atoms with Crippen molar-refractivity contribution in [3.63, 3.8) is 0 Å². The van der Waals surface area contributed by atoms with Gasteiger partial charge in [-0.05, 0) is 49.7 Å². The van der Waals surface area contributed by atoms with E-state index < -0.39 is 5.97 Å². The molecule has 0 saturated heterocycles.